The lowest BCUT2D eigenvalue weighted by Gasteiger charge is -2.21. The van der Waals surface area contributed by atoms with Crippen molar-refractivity contribution in [3.63, 3.8) is 0 Å². The number of nitrogens with zero attached hydrogens (tertiary/aromatic N) is 2. The Balaban J connectivity index is 1.91. The molecule has 0 amide bonds. The van der Waals surface area contributed by atoms with Gasteiger partial charge in [-0.25, -0.2) is 9.97 Å². The fourth-order valence-corrected chi connectivity index (χ4v) is 2.98. The minimum atomic E-state index is -1.04. The Kier molecular flexibility index (Phi) is 3.80. The Bertz CT molecular complexity index is 325. The summed E-state index contributed by atoms with van der Waals surface area (Å²) in [5, 5.41) is 3.78. The third kappa shape index (κ3) is 3.07. The van der Waals surface area contributed by atoms with E-state index in [1.165, 1.54) is 6.42 Å². The van der Waals surface area contributed by atoms with Crippen LogP contribution in [0.5, 0.6) is 0 Å². The highest BCUT2D eigenvalue weighted by atomic mass is 32.2. The van der Waals surface area contributed by atoms with Gasteiger partial charge in [-0.2, -0.15) is 0 Å². The summed E-state index contributed by atoms with van der Waals surface area (Å²) < 4.78 is 11.9. The van der Waals surface area contributed by atoms with Crippen LogP contribution in [0.3, 0.4) is 0 Å². The van der Waals surface area contributed by atoms with E-state index >= 15 is 0 Å². The van der Waals surface area contributed by atoms with Crippen molar-refractivity contribution < 1.29 is 4.21 Å². The molecule has 1 aromatic heterocycles. The predicted octanol–water partition coefficient (Wildman–Crippen LogP) is 0.584. The first-order valence-corrected chi connectivity index (χ1v) is 6.54. The molecule has 0 aliphatic carbocycles. The van der Waals surface area contributed by atoms with E-state index in [1.54, 1.807) is 18.5 Å². The highest BCUT2D eigenvalue weighted by Crippen LogP contribution is 2.13. The number of hydrogen-bond acceptors (Lipinski definition) is 4. The summed E-state index contributed by atoms with van der Waals surface area (Å²) in [4.78, 5) is 8.02. The normalized spacial score (nSPS) is 23.6. The zero-order chi connectivity index (χ0) is 10.5. The maximum Gasteiger partial charge on any atom is 0.218 e. The van der Waals surface area contributed by atoms with Gasteiger partial charge >= 0.3 is 0 Å². The molecule has 0 spiro atoms. The molecular formula is C10H15N3OS. The highest BCUT2D eigenvalue weighted by molar-refractivity contribution is 7.84. The third-order valence-corrected chi connectivity index (χ3v) is 3.92. The fraction of sp³-hybridized carbons (Fsp3) is 0.600. The van der Waals surface area contributed by atoms with Crippen LogP contribution >= 0.6 is 0 Å². The lowest BCUT2D eigenvalue weighted by Crippen LogP contribution is -2.32. The minimum absolute atomic E-state index is 0.461. The SMILES string of the molecule is O=[S@](C[C@@H]1CCCNC1)c1ncccn1. The molecule has 0 saturated carbocycles. The molecule has 1 aromatic rings. The Morgan fingerprint density at radius 2 is 2.27 bits per heavy atom. The number of hydrogen-bond donors (Lipinski definition) is 1. The van der Waals surface area contributed by atoms with Gasteiger partial charge in [-0.3, -0.25) is 4.21 Å². The van der Waals surface area contributed by atoms with Gasteiger partial charge in [-0.15, -0.1) is 0 Å². The van der Waals surface area contributed by atoms with Gasteiger partial charge in [-0.1, -0.05) is 0 Å². The van der Waals surface area contributed by atoms with Crippen LogP contribution in [0.2, 0.25) is 0 Å². The van der Waals surface area contributed by atoms with E-state index in [1.807, 2.05) is 0 Å². The summed E-state index contributed by atoms with van der Waals surface area (Å²) in [6.45, 7) is 2.06. The monoisotopic (exact) mass is 225 g/mol. The van der Waals surface area contributed by atoms with E-state index in [2.05, 4.69) is 15.3 Å². The smallest absolute Gasteiger partial charge is 0.218 e. The Morgan fingerprint density at radius 3 is 2.93 bits per heavy atom. The molecular weight excluding hydrogens is 210 g/mol. The van der Waals surface area contributed by atoms with E-state index in [-0.39, 0.29) is 0 Å². The molecule has 1 fully saturated rings. The van der Waals surface area contributed by atoms with Crippen LogP contribution in [-0.4, -0.2) is 33.0 Å². The van der Waals surface area contributed by atoms with Crippen molar-refractivity contribution in [2.75, 3.05) is 18.8 Å². The summed E-state index contributed by atoms with van der Waals surface area (Å²) in [7, 11) is -1.04. The molecule has 1 aliphatic rings. The van der Waals surface area contributed by atoms with Crippen molar-refractivity contribution in [1.29, 1.82) is 0 Å². The van der Waals surface area contributed by atoms with Crippen molar-refractivity contribution in [3.05, 3.63) is 18.5 Å². The largest absolute Gasteiger partial charge is 0.316 e. The maximum absolute atomic E-state index is 11.9. The van der Waals surface area contributed by atoms with Gasteiger partial charge in [0.25, 0.3) is 0 Å². The molecule has 2 rings (SSSR count). The Morgan fingerprint density at radius 1 is 1.47 bits per heavy atom. The molecule has 15 heavy (non-hydrogen) atoms. The van der Waals surface area contributed by atoms with E-state index in [0.717, 1.165) is 19.5 Å². The molecule has 82 valence electrons. The van der Waals surface area contributed by atoms with E-state index in [0.29, 0.717) is 16.8 Å². The van der Waals surface area contributed by atoms with Crippen LogP contribution < -0.4 is 5.32 Å². The molecule has 1 N–H and O–H groups in total. The van der Waals surface area contributed by atoms with Crippen LogP contribution in [-0.2, 0) is 10.8 Å². The van der Waals surface area contributed by atoms with Crippen LogP contribution in [0.15, 0.2) is 23.6 Å². The lowest BCUT2D eigenvalue weighted by atomic mass is 10.0. The molecule has 1 aliphatic heterocycles. The minimum Gasteiger partial charge on any atom is -0.316 e. The molecule has 1 saturated heterocycles. The average molecular weight is 225 g/mol. The van der Waals surface area contributed by atoms with E-state index in [9.17, 15) is 4.21 Å². The summed E-state index contributed by atoms with van der Waals surface area (Å²) in [6, 6.07) is 1.74. The molecule has 0 unspecified atom stereocenters. The van der Waals surface area contributed by atoms with E-state index < -0.39 is 10.8 Å². The molecule has 0 radical (unpaired) electrons. The molecule has 5 heteroatoms. The first-order valence-electron chi connectivity index (χ1n) is 5.22. The van der Waals surface area contributed by atoms with Crippen molar-refractivity contribution in [3.8, 4) is 0 Å². The number of aromatic nitrogens is 2. The van der Waals surface area contributed by atoms with Crippen molar-refractivity contribution in [2.24, 2.45) is 5.92 Å². The first kappa shape index (κ1) is 10.7. The maximum atomic E-state index is 11.9. The van der Waals surface area contributed by atoms with Gasteiger partial charge < -0.3 is 5.32 Å². The first-order chi connectivity index (χ1) is 7.36. The summed E-state index contributed by atoms with van der Waals surface area (Å²) in [6.07, 6.45) is 5.61. The van der Waals surface area contributed by atoms with Gasteiger partial charge in [0, 0.05) is 18.1 Å². The van der Waals surface area contributed by atoms with Crippen molar-refractivity contribution in [1.82, 2.24) is 15.3 Å². The van der Waals surface area contributed by atoms with Gasteiger partial charge in [-0.05, 0) is 37.9 Å². The summed E-state index contributed by atoms with van der Waals surface area (Å²) >= 11 is 0. The van der Waals surface area contributed by atoms with Gasteiger partial charge in [0.15, 0.2) is 0 Å². The second-order valence-corrected chi connectivity index (χ2v) is 5.15. The van der Waals surface area contributed by atoms with Gasteiger partial charge in [0.05, 0.1) is 10.8 Å². The highest BCUT2D eigenvalue weighted by Gasteiger charge is 2.17. The van der Waals surface area contributed by atoms with Crippen molar-refractivity contribution in [2.45, 2.75) is 18.0 Å². The zero-order valence-corrected chi connectivity index (χ0v) is 9.37. The second kappa shape index (κ2) is 5.32. The molecule has 0 bridgehead atoms. The average Bonchev–Trinajstić information content (AvgIpc) is 2.31. The van der Waals surface area contributed by atoms with E-state index in [4.69, 9.17) is 0 Å². The Labute approximate surface area is 92.0 Å². The number of piperidine rings is 1. The molecule has 2 atom stereocenters. The summed E-state index contributed by atoms with van der Waals surface area (Å²) in [5.74, 6) is 1.18. The van der Waals surface area contributed by atoms with Gasteiger partial charge in [0.2, 0.25) is 5.16 Å². The quantitative estimate of drug-likeness (QED) is 0.765. The zero-order valence-electron chi connectivity index (χ0n) is 8.56. The van der Waals surface area contributed by atoms with Crippen LogP contribution in [0.1, 0.15) is 12.8 Å². The number of nitrogens with one attached hydrogen (secondary N) is 1. The molecule has 4 nitrogen and oxygen atoms in total. The van der Waals surface area contributed by atoms with Crippen LogP contribution in [0.4, 0.5) is 0 Å². The third-order valence-electron chi connectivity index (χ3n) is 2.53. The summed E-state index contributed by atoms with van der Waals surface area (Å²) in [5.41, 5.74) is 0. The molecule has 0 aromatic carbocycles. The lowest BCUT2D eigenvalue weighted by molar-refractivity contribution is 0.407. The van der Waals surface area contributed by atoms with Crippen molar-refractivity contribution >= 4 is 10.8 Å². The number of rotatable bonds is 3. The fourth-order valence-electron chi connectivity index (χ4n) is 1.76. The van der Waals surface area contributed by atoms with Crippen LogP contribution in [0.25, 0.3) is 0 Å². The predicted molar refractivity (Wildman–Crippen MR) is 58.9 cm³/mol. The van der Waals surface area contributed by atoms with Gasteiger partial charge in [0.1, 0.15) is 0 Å². The Hall–Kier alpha value is -0.810. The second-order valence-electron chi connectivity index (χ2n) is 3.76. The van der Waals surface area contributed by atoms with Crippen LogP contribution in [0, 0.1) is 5.92 Å². The molecule has 2 heterocycles. The topological polar surface area (TPSA) is 54.9 Å². The standard InChI is InChI=1S/C10H15N3OS/c14-15(10-12-5-2-6-13-10)8-9-3-1-4-11-7-9/h2,5-6,9,11H,1,3-4,7-8H2/t9-,15-/m1/s1.